The van der Waals surface area contributed by atoms with Gasteiger partial charge >= 0.3 is 5.76 Å². The van der Waals surface area contributed by atoms with Gasteiger partial charge in [0.25, 0.3) is 0 Å². The third kappa shape index (κ3) is 2.09. The van der Waals surface area contributed by atoms with Crippen LogP contribution in [0.15, 0.2) is 27.7 Å². The first kappa shape index (κ1) is 11.5. The van der Waals surface area contributed by atoms with Crippen LogP contribution in [0.5, 0.6) is 0 Å². The molecular weight excluding hydrogens is 218 g/mol. The maximum Gasteiger partial charge on any atom is 0.423 e. The first-order chi connectivity index (χ1) is 8.13. The van der Waals surface area contributed by atoms with E-state index in [1.807, 2.05) is 13.8 Å². The highest BCUT2D eigenvalue weighted by molar-refractivity contribution is 6.03. The number of allylic oxidation sites excluding steroid dienone is 2. The van der Waals surface area contributed by atoms with Gasteiger partial charge in [-0.1, -0.05) is 20.3 Å². The second-order valence-corrected chi connectivity index (χ2v) is 4.12. The van der Waals surface area contributed by atoms with Gasteiger partial charge in [0.15, 0.2) is 0 Å². The summed E-state index contributed by atoms with van der Waals surface area (Å²) < 4.78 is 5.99. The lowest BCUT2D eigenvalue weighted by molar-refractivity contribution is -0.117. The molecule has 0 aromatic carbocycles. The predicted octanol–water partition coefficient (Wildman–Crippen LogP) is 1.53. The molecular formula is C13H13NO3. The van der Waals surface area contributed by atoms with Crippen LogP contribution in [-0.2, 0) is 4.79 Å². The third-order valence-electron chi connectivity index (χ3n) is 3.05. The Kier molecular flexibility index (Phi) is 3.01. The van der Waals surface area contributed by atoms with Crippen molar-refractivity contribution in [2.45, 2.75) is 20.3 Å². The molecule has 4 heteroatoms. The molecule has 2 atom stereocenters. The molecule has 0 spiro atoms. The van der Waals surface area contributed by atoms with Crippen molar-refractivity contribution in [3.63, 3.8) is 0 Å². The molecule has 1 heterocycles. The standard InChI is InChI=1S/C13H13NO3/c1-3-9(2)11-8-10(4-5-12(11)15)14-6-7-17-13(14)16/h6-9,11H,3H2,1-2H3. The zero-order valence-electron chi connectivity index (χ0n) is 9.77. The summed E-state index contributed by atoms with van der Waals surface area (Å²) in [5.41, 5.74) is 0.522. The van der Waals surface area contributed by atoms with E-state index < -0.39 is 5.76 Å². The van der Waals surface area contributed by atoms with E-state index >= 15 is 0 Å². The van der Waals surface area contributed by atoms with Crippen molar-refractivity contribution < 1.29 is 9.21 Å². The molecule has 2 unspecified atom stereocenters. The fourth-order valence-corrected chi connectivity index (χ4v) is 1.76. The minimum absolute atomic E-state index is 0.0837. The van der Waals surface area contributed by atoms with Gasteiger partial charge in [-0.05, 0) is 23.8 Å². The average Bonchev–Trinajstić information content (AvgIpc) is 2.75. The Hall–Kier alpha value is -2.02. The zero-order chi connectivity index (χ0) is 12.4. The van der Waals surface area contributed by atoms with Gasteiger partial charge in [-0.3, -0.25) is 4.79 Å². The van der Waals surface area contributed by atoms with Crippen LogP contribution in [0.25, 0.3) is 5.70 Å². The minimum atomic E-state index is -0.484. The van der Waals surface area contributed by atoms with Crippen LogP contribution in [0.2, 0.25) is 0 Å². The summed E-state index contributed by atoms with van der Waals surface area (Å²) in [6, 6.07) is 0. The molecule has 17 heavy (non-hydrogen) atoms. The van der Waals surface area contributed by atoms with Crippen molar-refractivity contribution >= 4 is 11.5 Å². The second-order valence-electron chi connectivity index (χ2n) is 4.12. The van der Waals surface area contributed by atoms with Crippen LogP contribution in [0.3, 0.4) is 0 Å². The molecule has 1 aliphatic carbocycles. The summed E-state index contributed by atoms with van der Waals surface area (Å²) in [7, 11) is 0. The summed E-state index contributed by atoms with van der Waals surface area (Å²) in [5, 5.41) is 0. The number of carbonyl (C=O) groups excluding carboxylic acids is 1. The smallest absolute Gasteiger partial charge is 0.416 e. The Morgan fingerprint density at radius 3 is 2.82 bits per heavy atom. The Labute approximate surface area is 98.9 Å². The SMILES string of the molecule is CCC(C)C1C=C(n2ccoc2=O)C#CC1=O. The lowest BCUT2D eigenvalue weighted by atomic mass is 9.86. The van der Waals surface area contributed by atoms with Crippen LogP contribution in [0, 0.1) is 23.7 Å². The molecule has 0 bridgehead atoms. The van der Waals surface area contributed by atoms with Crippen LogP contribution in [0.4, 0.5) is 0 Å². The van der Waals surface area contributed by atoms with Gasteiger partial charge in [0.1, 0.15) is 6.26 Å². The number of carbonyl (C=O) groups is 1. The van der Waals surface area contributed by atoms with Crippen LogP contribution in [0.1, 0.15) is 20.3 Å². The lowest BCUT2D eigenvalue weighted by Crippen LogP contribution is -2.23. The molecule has 0 aliphatic heterocycles. The van der Waals surface area contributed by atoms with Crippen molar-refractivity contribution in [2.24, 2.45) is 11.8 Å². The molecule has 0 saturated carbocycles. The molecule has 1 aromatic rings. The minimum Gasteiger partial charge on any atom is -0.416 e. The number of aromatic nitrogens is 1. The van der Waals surface area contributed by atoms with Crippen LogP contribution < -0.4 is 5.76 Å². The molecule has 0 saturated heterocycles. The first-order valence-electron chi connectivity index (χ1n) is 5.57. The fraction of sp³-hybridized carbons (Fsp3) is 0.385. The van der Waals surface area contributed by atoms with Gasteiger partial charge in [0.2, 0.25) is 5.78 Å². The largest absolute Gasteiger partial charge is 0.423 e. The Balaban J connectivity index is 2.40. The Bertz CT molecular complexity index is 580. The van der Waals surface area contributed by atoms with Crippen molar-refractivity contribution in [3.05, 3.63) is 29.1 Å². The number of rotatable bonds is 3. The van der Waals surface area contributed by atoms with Gasteiger partial charge in [-0.25, -0.2) is 9.36 Å². The Morgan fingerprint density at radius 2 is 2.24 bits per heavy atom. The maximum absolute atomic E-state index is 11.7. The van der Waals surface area contributed by atoms with E-state index in [0.717, 1.165) is 6.42 Å². The maximum atomic E-state index is 11.7. The number of Topliss-reactive ketones (excluding diaryl/α,β-unsaturated/α-hetero) is 1. The molecule has 0 amide bonds. The van der Waals surface area contributed by atoms with Crippen LogP contribution in [-0.4, -0.2) is 10.4 Å². The van der Waals surface area contributed by atoms with Crippen LogP contribution >= 0.6 is 0 Å². The van der Waals surface area contributed by atoms with E-state index in [0.29, 0.717) is 5.70 Å². The number of oxazole rings is 1. The van der Waals surface area contributed by atoms with Crippen molar-refractivity contribution in [2.75, 3.05) is 0 Å². The number of hydrogen-bond donors (Lipinski definition) is 0. The fourth-order valence-electron chi connectivity index (χ4n) is 1.76. The van der Waals surface area contributed by atoms with E-state index in [4.69, 9.17) is 0 Å². The van der Waals surface area contributed by atoms with E-state index in [-0.39, 0.29) is 17.6 Å². The van der Waals surface area contributed by atoms with E-state index in [1.165, 1.54) is 17.0 Å². The summed E-state index contributed by atoms with van der Waals surface area (Å²) >= 11 is 0. The van der Waals surface area contributed by atoms with Gasteiger partial charge in [-0.2, -0.15) is 0 Å². The van der Waals surface area contributed by atoms with Gasteiger partial charge in [0, 0.05) is 0 Å². The van der Waals surface area contributed by atoms with Gasteiger partial charge in [-0.15, -0.1) is 0 Å². The highest BCUT2D eigenvalue weighted by Crippen LogP contribution is 2.22. The molecule has 0 fully saturated rings. The van der Waals surface area contributed by atoms with Crippen molar-refractivity contribution in [1.29, 1.82) is 0 Å². The molecule has 2 rings (SSSR count). The van der Waals surface area contributed by atoms with Crippen molar-refractivity contribution in [3.8, 4) is 11.8 Å². The highest BCUT2D eigenvalue weighted by atomic mass is 16.4. The molecule has 1 aromatic heterocycles. The highest BCUT2D eigenvalue weighted by Gasteiger charge is 2.24. The Morgan fingerprint density at radius 1 is 1.47 bits per heavy atom. The van der Waals surface area contributed by atoms with Gasteiger partial charge in [0.05, 0.1) is 17.8 Å². The van der Waals surface area contributed by atoms with E-state index in [1.54, 1.807) is 6.08 Å². The van der Waals surface area contributed by atoms with E-state index in [9.17, 15) is 9.59 Å². The monoisotopic (exact) mass is 231 g/mol. The van der Waals surface area contributed by atoms with Crippen molar-refractivity contribution in [1.82, 2.24) is 4.57 Å². The molecule has 0 radical (unpaired) electrons. The summed E-state index contributed by atoms with van der Waals surface area (Å²) in [6.45, 7) is 4.03. The zero-order valence-corrected chi connectivity index (χ0v) is 9.77. The normalized spacial score (nSPS) is 20.5. The molecule has 88 valence electrons. The lowest BCUT2D eigenvalue weighted by Gasteiger charge is -2.18. The third-order valence-corrected chi connectivity index (χ3v) is 3.05. The number of hydrogen-bond acceptors (Lipinski definition) is 3. The molecule has 0 N–H and O–H groups in total. The summed E-state index contributed by atoms with van der Waals surface area (Å²) in [4.78, 5) is 23.0. The predicted molar refractivity (Wildman–Crippen MR) is 63.0 cm³/mol. The van der Waals surface area contributed by atoms with Gasteiger partial charge < -0.3 is 4.42 Å². The molecule has 1 aliphatic rings. The summed E-state index contributed by atoms with van der Waals surface area (Å²) in [5.74, 6) is 4.65. The number of nitrogens with zero attached hydrogens (tertiary/aromatic N) is 1. The average molecular weight is 231 g/mol. The number of ketones is 1. The first-order valence-corrected chi connectivity index (χ1v) is 5.57. The quantitative estimate of drug-likeness (QED) is 0.585. The molecule has 4 nitrogen and oxygen atoms in total. The van der Waals surface area contributed by atoms with E-state index in [2.05, 4.69) is 16.3 Å². The second kappa shape index (κ2) is 4.46. The topological polar surface area (TPSA) is 52.2 Å². The summed E-state index contributed by atoms with van der Waals surface area (Å²) in [6.07, 6.45) is 5.46.